The van der Waals surface area contributed by atoms with Gasteiger partial charge in [0.25, 0.3) is 0 Å². The lowest BCUT2D eigenvalue weighted by Gasteiger charge is -2.34. The molecule has 0 fully saturated rings. The first-order chi connectivity index (χ1) is 12.8. The Morgan fingerprint density at radius 3 is 2.48 bits per heavy atom. The first-order valence-corrected chi connectivity index (χ1v) is 9.38. The molecule has 6 heteroatoms. The highest BCUT2D eigenvalue weighted by atomic mass is 32.2. The first-order valence-electron chi connectivity index (χ1n) is 8.57. The van der Waals surface area contributed by atoms with Crippen LogP contribution in [0.25, 0.3) is 5.70 Å². The maximum atomic E-state index is 12.8. The molecule has 1 aliphatic rings. The van der Waals surface area contributed by atoms with Crippen molar-refractivity contribution in [3.05, 3.63) is 59.7 Å². The molecule has 5 nitrogen and oxygen atoms in total. The van der Waals surface area contributed by atoms with Crippen LogP contribution in [0.3, 0.4) is 0 Å². The van der Waals surface area contributed by atoms with Crippen LogP contribution in [0.2, 0.25) is 0 Å². The Hall–Kier alpha value is -2.73. The number of carbonyl (C=O) groups excluding carboxylic acids is 2. The summed E-state index contributed by atoms with van der Waals surface area (Å²) in [7, 11) is 1.63. The number of rotatable bonds is 4. The lowest BCUT2D eigenvalue weighted by molar-refractivity contribution is -0.114. The van der Waals surface area contributed by atoms with Crippen LogP contribution < -0.4 is 15.4 Å². The van der Waals surface area contributed by atoms with Gasteiger partial charge in [-0.1, -0.05) is 11.8 Å². The van der Waals surface area contributed by atoms with E-state index in [2.05, 4.69) is 24.5 Å². The zero-order chi connectivity index (χ0) is 19.6. The number of carbonyl (C=O) groups is 2. The third kappa shape index (κ3) is 4.52. The van der Waals surface area contributed by atoms with Gasteiger partial charge in [-0.3, -0.25) is 9.59 Å². The fourth-order valence-corrected chi connectivity index (χ4v) is 4.00. The predicted octanol–water partition coefficient (Wildman–Crippen LogP) is 4.31. The number of thioether (sulfide) groups is 1. The third-order valence-electron chi connectivity index (χ3n) is 4.04. The quantitative estimate of drug-likeness (QED) is 0.609. The zero-order valence-corrected chi connectivity index (χ0v) is 16.6. The second-order valence-electron chi connectivity index (χ2n) is 6.78. The summed E-state index contributed by atoms with van der Waals surface area (Å²) < 4.78 is 5.33. The highest BCUT2D eigenvalue weighted by Gasteiger charge is 2.29. The maximum absolute atomic E-state index is 12.8. The molecular formula is C21H22N2O3S. The summed E-state index contributed by atoms with van der Waals surface area (Å²) in [5.74, 6) is 0.491. The van der Waals surface area contributed by atoms with Crippen LogP contribution in [-0.2, 0) is 4.79 Å². The van der Waals surface area contributed by atoms with Crippen LogP contribution in [0.5, 0.6) is 5.75 Å². The molecule has 0 aromatic heterocycles. The highest BCUT2D eigenvalue weighted by molar-refractivity contribution is 8.00. The monoisotopic (exact) mass is 382 g/mol. The van der Waals surface area contributed by atoms with Gasteiger partial charge in [-0.25, -0.2) is 0 Å². The van der Waals surface area contributed by atoms with Crippen LogP contribution in [0.4, 0.5) is 5.69 Å². The molecule has 0 saturated carbocycles. The van der Waals surface area contributed by atoms with Gasteiger partial charge in [0.15, 0.2) is 5.78 Å². The van der Waals surface area contributed by atoms with Crippen molar-refractivity contribution in [1.82, 2.24) is 5.32 Å². The third-order valence-corrected chi connectivity index (χ3v) is 5.23. The van der Waals surface area contributed by atoms with Crippen LogP contribution >= 0.6 is 11.8 Å². The molecule has 0 aliphatic carbocycles. The molecule has 0 saturated heterocycles. The average molecular weight is 382 g/mol. The molecule has 0 radical (unpaired) electrons. The van der Waals surface area contributed by atoms with E-state index in [0.717, 1.165) is 21.9 Å². The molecule has 0 spiro atoms. The van der Waals surface area contributed by atoms with E-state index in [1.807, 2.05) is 18.2 Å². The van der Waals surface area contributed by atoms with Crippen LogP contribution in [0.15, 0.2) is 53.4 Å². The Morgan fingerprint density at radius 2 is 1.85 bits per heavy atom. The zero-order valence-electron chi connectivity index (χ0n) is 15.8. The van der Waals surface area contributed by atoms with E-state index in [1.54, 1.807) is 49.2 Å². The van der Waals surface area contributed by atoms with E-state index in [1.165, 1.54) is 6.92 Å². The number of ketones is 1. The van der Waals surface area contributed by atoms with Gasteiger partial charge in [0.05, 0.1) is 12.0 Å². The summed E-state index contributed by atoms with van der Waals surface area (Å²) in [6.45, 7) is 5.60. The number of fused-ring (bicyclic) bond motifs is 1. The minimum absolute atomic E-state index is 0.108. The van der Waals surface area contributed by atoms with Gasteiger partial charge in [-0.05, 0) is 56.3 Å². The smallest absolute Gasteiger partial charge is 0.221 e. The van der Waals surface area contributed by atoms with Crippen LogP contribution in [0.1, 0.15) is 36.7 Å². The Kier molecular flexibility index (Phi) is 5.28. The molecule has 2 aromatic rings. The van der Waals surface area contributed by atoms with Gasteiger partial charge in [0, 0.05) is 40.4 Å². The normalized spacial score (nSPS) is 16.2. The SMILES string of the molecule is COc1ccc2c(c1)C(=CC(=O)c1ccc(NC(C)=O)cc1)NC(C)(C)S2. The number of allylic oxidation sites excluding steroid dienone is 1. The van der Waals surface area contributed by atoms with Crippen molar-refractivity contribution in [2.75, 3.05) is 12.4 Å². The van der Waals surface area contributed by atoms with E-state index in [9.17, 15) is 9.59 Å². The largest absolute Gasteiger partial charge is 0.497 e. The topological polar surface area (TPSA) is 67.4 Å². The van der Waals surface area contributed by atoms with Gasteiger partial charge in [-0.2, -0.15) is 0 Å². The van der Waals surface area contributed by atoms with E-state index >= 15 is 0 Å². The van der Waals surface area contributed by atoms with Gasteiger partial charge in [0.2, 0.25) is 5.91 Å². The lowest BCUT2D eigenvalue weighted by Crippen LogP contribution is -2.37. The summed E-state index contributed by atoms with van der Waals surface area (Å²) in [6.07, 6.45) is 1.62. The Balaban J connectivity index is 1.93. The number of ether oxygens (including phenoxy) is 1. The Bertz CT molecular complexity index is 918. The molecule has 1 amide bonds. The summed E-state index contributed by atoms with van der Waals surface area (Å²) in [5, 5.41) is 6.12. The molecule has 0 unspecified atom stereocenters. The lowest BCUT2D eigenvalue weighted by atomic mass is 10.0. The van der Waals surface area contributed by atoms with Crippen molar-refractivity contribution >= 4 is 34.8 Å². The summed E-state index contributed by atoms with van der Waals surface area (Å²) in [5.41, 5.74) is 2.93. The van der Waals surface area contributed by atoms with Gasteiger partial charge >= 0.3 is 0 Å². The molecule has 3 rings (SSSR count). The average Bonchev–Trinajstić information content (AvgIpc) is 2.60. The van der Waals surface area contributed by atoms with Crippen molar-refractivity contribution in [2.45, 2.75) is 30.5 Å². The van der Waals surface area contributed by atoms with Crippen LogP contribution in [0, 0.1) is 0 Å². The highest BCUT2D eigenvalue weighted by Crippen LogP contribution is 2.42. The number of hydrogen-bond donors (Lipinski definition) is 2. The van der Waals surface area contributed by atoms with Gasteiger partial charge in [-0.15, -0.1) is 0 Å². The molecule has 1 heterocycles. The van der Waals surface area contributed by atoms with Crippen molar-refractivity contribution in [3.63, 3.8) is 0 Å². The first kappa shape index (κ1) is 19.0. The minimum atomic E-state index is -0.233. The van der Waals surface area contributed by atoms with E-state index in [4.69, 9.17) is 4.74 Å². The molecule has 27 heavy (non-hydrogen) atoms. The van der Waals surface area contributed by atoms with E-state index in [0.29, 0.717) is 11.3 Å². The van der Waals surface area contributed by atoms with Crippen molar-refractivity contribution in [2.24, 2.45) is 0 Å². The molecule has 140 valence electrons. The molecule has 1 aliphatic heterocycles. The standard InChI is InChI=1S/C21H22N2O3S/c1-13(24)22-15-7-5-14(6-8-15)19(25)12-18-17-11-16(26-4)9-10-20(17)27-21(2,3)23-18/h5-12,23H,1-4H3,(H,22,24). The Labute approximate surface area is 163 Å². The molecular weight excluding hydrogens is 360 g/mol. The second-order valence-corrected chi connectivity index (χ2v) is 8.44. The Morgan fingerprint density at radius 1 is 1.15 bits per heavy atom. The van der Waals surface area contributed by atoms with Crippen LogP contribution in [-0.4, -0.2) is 23.7 Å². The van der Waals surface area contributed by atoms with E-state index in [-0.39, 0.29) is 16.6 Å². The van der Waals surface area contributed by atoms with E-state index < -0.39 is 0 Å². The summed E-state index contributed by atoms with van der Waals surface area (Å²) in [6, 6.07) is 12.7. The summed E-state index contributed by atoms with van der Waals surface area (Å²) in [4.78, 5) is 24.8. The second kappa shape index (κ2) is 7.48. The minimum Gasteiger partial charge on any atom is -0.497 e. The summed E-state index contributed by atoms with van der Waals surface area (Å²) >= 11 is 1.71. The predicted molar refractivity (Wildman–Crippen MR) is 109 cm³/mol. The number of anilines is 1. The molecule has 0 atom stereocenters. The number of hydrogen-bond acceptors (Lipinski definition) is 5. The molecule has 0 bridgehead atoms. The van der Waals surface area contributed by atoms with Gasteiger partial charge in [0.1, 0.15) is 5.75 Å². The maximum Gasteiger partial charge on any atom is 0.221 e. The van der Waals surface area contributed by atoms with Crippen molar-refractivity contribution in [3.8, 4) is 5.75 Å². The molecule has 2 aromatic carbocycles. The fourth-order valence-electron chi connectivity index (χ4n) is 2.88. The number of amides is 1. The fraction of sp³-hybridized carbons (Fsp3) is 0.238. The molecule has 2 N–H and O–H groups in total. The van der Waals surface area contributed by atoms with Gasteiger partial charge < -0.3 is 15.4 Å². The number of benzene rings is 2. The number of methoxy groups -OCH3 is 1. The van der Waals surface area contributed by atoms with Crippen molar-refractivity contribution in [1.29, 1.82) is 0 Å². The van der Waals surface area contributed by atoms with Crippen molar-refractivity contribution < 1.29 is 14.3 Å². The number of nitrogens with one attached hydrogen (secondary N) is 2.